The maximum atomic E-state index is 9.47. The average molecular weight is 356 g/mol. The summed E-state index contributed by atoms with van der Waals surface area (Å²) in [5, 5.41) is 15.3. The molecule has 1 atom stereocenters. The molecule has 1 aliphatic rings. The molecule has 1 aliphatic heterocycles. The fourth-order valence-electron chi connectivity index (χ4n) is 3.95. The Hall–Kier alpha value is -2.90. The lowest BCUT2D eigenvalue weighted by Crippen LogP contribution is -2.46. The number of fused-ring (bicyclic) bond motifs is 1. The molecule has 2 aromatic carbocycles. The molecule has 4 heteroatoms. The summed E-state index contributed by atoms with van der Waals surface area (Å²) in [6, 6.07) is 20.8. The number of nitrogens with one attached hydrogen (secondary N) is 1. The number of pyridine rings is 1. The van der Waals surface area contributed by atoms with Crippen LogP contribution >= 0.6 is 0 Å². The maximum absolute atomic E-state index is 9.47. The van der Waals surface area contributed by atoms with Gasteiger partial charge in [-0.15, -0.1) is 0 Å². The van der Waals surface area contributed by atoms with Gasteiger partial charge in [0.25, 0.3) is 0 Å². The van der Waals surface area contributed by atoms with Crippen LogP contribution in [0.15, 0.2) is 54.6 Å². The van der Waals surface area contributed by atoms with Gasteiger partial charge in [0.2, 0.25) is 0 Å². The van der Waals surface area contributed by atoms with E-state index in [1.807, 2.05) is 31.2 Å². The Bertz CT molecular complexity index is 989. The molecule has 1 aromatic heterocycles. The number of hydrogen-bond acceptors (Lipinski definition) is 4. The molecular weight excluding hydrogens is 332 g/mol. The monoisotopic (exact) mass is 356 g/mol. The number of rotatable bonds is 3. The molecule has 1 fully saturated rings. The smallest absolute Gasteiger partial charge is 0.0998 e. The molecule has 0 saturated carbocycles. The van der Waals surface area contributed by atoms with Crippen molar-refractivity contribution in [3.8, 4) is 6.07 Å². The van der Waals surface area contributed by atoms with Crippen molar-refractivity contribution in [2.45, 2.75) is 32.4 Å². The molecule has 1 N–H and O–H groups in total. The maximum Gasteiger partial charge on any atom is 0.0998 e. The van der Waals surface area contributed by atoms with E-state index in [0.717, 1.165) is 53.7 Å². The number of anilines is 1. The standard InChI is InChI=1S/C23H24N4/c1-17-7-6-8-19(26-17)15-23-25-13-4-5-14-27(23)22-12-11-18(16-24)20-9-2-3-10-21(20)22/h2-3,6-12,23,25H,4-5,13-15H2,1H3. The predicted octanol–water partition coefficient (Wildman–Crippen LogP) is 4.17. The van der Waals surface area contributed by atoms with Gasteiger partial charge in [-0.25, -0.2) is 0 Å². The number of benzene rings is 2. The summed E-state index contributed by atoms with van der Waals surface area (Å²) in [5.41, 5.74) is 4.08. The summed E-state index contributed by atoms with van der Waals surface area (Å²) >= 11 is 0. The van der Waals surface area contributed by atoms with Gasteiger partial charge in [-0.3, -0.25) is 10.3 Å². The highest BCUT2D eigenvalue weighted by atomic mass is 15.3. The third-order valence-corrected chi connectivity index (χ3v) is 5.26. The average Bonchev–Trinajstić information content (AvgIpc) is 2.92. The number of aryl methyl sites for hydroxylation is 1. The topological polar surface area (TPSA) is 52.0 Å². The second-order valence-electron chi connectivity index (χ2n) is 7.13. The molecule has 0 bridgehead atoms. The summed E-state index contributed by atoms with van der Waals surface area (Å²) in [6.45, 7) is 4.05. The molecule has 0 amide bonds. The lowest BCUT2D eigenvalue weighted by atomic mass is 10.0. The predicted molar refractivity (Wildman–Crippen MR) is 110 cm³/mol. The van der Waals surface area contributed by atoms with Gasteiger partial charge in [0.1, 0.15) is 0 Å². The number of nitriles is 1. The van der Waals surface area contributed by atoms with Crippen molar-refractivity contribution >= 4 is 16.5 Å². The van der Waals surface area contributed by atoms with Crippen LogP contribution in [0.4, 0.5) is 5.69 Å². The van der Waals surface area contributed by atoms with Crippen LogP contribution in [0.1, 0.15) is 29.8 Å². The Balaban J connectivity index is 1.75. The van der Waals surface area contributed by atoms with Gasteiger partial charge in [0, 0.05) is 40.8 Å². The zero-order valence-corrected chi connectivity index (χ0v) is 15.7. The van der Waals surface area contributed by atoms with E-state index in [1.165, 1.54) is 12.1 Å². The highest BCUT2D eigenvalue weighted by Gasteiger charge is 2.23. The van der Waals surface area contributed by atoms with E-state index < -0.39 is 0 Å². The molecule has 1 saturated heterocycles. The highest BCUT2D eigenvalue weighted by Crippen LogP contribution is 2.31. The summed E-state index contributed by atoms with van der Waals surface area (Å²) in [4.78, 5) is 7.16. The second kappa shape index (κ2) is 7.77. The fourth-order valence-corrected chi connectivity index (χ4v) is 3.95. The summed E-state index contributed by atoms with van der Waals surface area (Å²) in [5.74, 6) is 0. The normalized spacial score (nSPS) is 17.5. The van der Waals surface area contributed by atoms with Crippen LogP contribution in [0.3, 0.4) is 0 Å². The SMILES string of the molecule is Cc1cccc(CC2NCCCCN2c2ccc(C#N)c3ccccc23)n1. The van der Waals surface area contributed by atoms with Gasteiger partial charge < -0.3 is 4.90 Å². The van der Waals surface area contributed by atoms with E-state index in [4.69, 9.17) is 4.98 Å². The Morgan fingerprint density at radius 2 is 1.93 bits per heavy atom. The molecule has 2 heterocycles. The fraction of sp³-hybridized carbons (Fsp3) is 0.304. The Morgan fingerprint density at radius 1 is 1.07 bits per heavy atom. The third-order valence-electron chi connectivity index (χ3n) is 5.26. The third kappa shape index (κ3) is 3.65. The first-order valence-electron chi connectivity index (χ1n) is 9.60. The molecule has 3 aromatic rings. The largest absolute Gasteiger partial charge is 0.355 e. The van der Waals surface area contributed by atoms with Crippen molar-refractivity contribution < 1.29 is 0 Å². The van der Waals surface area contributed by atoms with E-state index >= 15 is 0 Å². The van der Waals surface area contributed by atoms with Crippen LogP contribution in [0, 0.1) is 18.3 Å². The molecule has 0 aliphatic carbocycles. The van der Waals surface area contributed by atoms with Crippen molar-refractivity contribution in [1.82, 2.24) is 10.3 Å². The molecule has 4 nitrogen and oxygen atoms in total. The minimum Gasteiger partial charge on any atom is -0.355 e. The Labute approximate surface area is 160 Å². The molecular formula is C23H24N4. The van der Waals surface area contributed by atoms with Crippen molar-refractivity contribution in [2.75, 3.05) is 18.0 Å². The van der Waals surface area contributed by atoms with Gasteiger partial charge >= 0.3 is 0 Å². The first kappa shape index (κ1) is 17.5. The zero-order valence-electron chi connectivity index (χ0n) is 15.7. The minimum atomic E-state index is 0.193. The van der Waals surface area contributed by atoms with Crippen LogP contribution in [0.5, 0.6) is 0 Å². The van der Waals surface area contributed by atoms with E-state index in [9.17, 15) is 5.26 Å². The molecule has 1 unspecified atom stereocenters. The molecule has 0 spiro atoms. The number of hydrogen-bond donors (Lipinski definition) is 1. The van der Waals surface area contributed by atoms with E-state index in [1.54, 1.807) is 0 Å². The number of nitrogens with zero attached hydrogens (tertiary/aromatic N) is 3. The summed E-state index contributed by atoms with van der Waals surface area (Å²) < 4.78 is 0. The lowest BCUT2D eigenvalue weighted by Gasteiger charge is -2.33. The first-order chi connectivity index (χ1) is 13.3. The Morgan fingerprint density at radius 3 is 2.74 bits per heavy atom. The summed E-state index contributed by atoms with van der Waals surface area (Å²) in [6.07, 6.45) is 3.37. The Kier molecular flexibility index (Phi) is 5.04. The van der Waals surface area contributed by atoms with Crippen LogP contribution in [0.2, 0.25) is 0 Å². The molecule has 136 valence electrons. The summed E-state index contributed by atoms with van der Waals surface area (Å²) in [7, 11) is 0. The van der Waals surface area contributed by atoms with Crippen LogP contribution in [-0.4, -0.2) is 24.2 Å². The van der Waals surface area contributed by atoms with Crippen molar-refractivity contribution in [1.29, 1.82) is 5.26 Å². The van der Waals surface area contributed by atoms with Crippen molar-refractivity contribution in [3.63, 3.8) is 0 Å². The second-order valence-corrected chi connectivity index (χ2v) is 7.13. The zero-order chi connectivity index (χ0) is 18.6. The number of aromatic nitrogens is 1. The molecule has 0 radical (unpaired) electrons. The molecule has 27 heavy (non-hydrogen) atoms. The lowest BCUT2D eigenvalue weighted by molar-refractivity contribution is 0.511. The van der Waals surface area contributed by atoms with Gasteiger partial charge in [0.15, 0.2) is 0 Å². The van der Waals surface area contributed by atoms with Gasteiger partial charge in [-0.05, 0) is 50.6 Å². The minimum absolute atomic E-state index is 0.193. The first-order valence-corrected chi connectivity index (χ1v) is 9.60. The highest BCUT2D eigenvalue weighted by molar-refractivity contribution is 5.98. The van der Waals surface area contributed by atoms with Crippen LogP contribution in [0.25, 0.3) is 10.8 Å². The van der Waals surface area contributed by atoms with Crippen molar-refractivity contribution in [3.05, 3.63) is 71.5 Å². The van der Waals surface area contributed by atoms with Gasteiger partial charge in [-0.1, -0.05) is 30.3 Å². The van der Waals surface area contributed by atoms with E-state index in [0.29, 0.717) is 0 Å². The van der Waals surface area contributed by atoms with Crippen LogP contribution < -0.4 is 10.2 Å². The van der Waals surface area contributed by atoms with Gasteiger partial charge in [0.05, 0.1) is 17.8 Å². The van der Waals surface area contributed by atoms with E-state index in [2.05, 4.69) is 46.6 Å². The van der Waals surface area contributed by atoms with Crippen LogP contribution in [-0.2, 0) is 6.42 Å². The van der Waals surface area contributed by atoms with E-state index in [-0.39, 0.29) is 6.17 Å². The van der Waals surface area contributed by atoms with Crippen molar-refractivity contribution in [2.24, 2.45) is 0 Å². The quantitative estimate of drug-likeness (QED) is 0.765. The molecule has 4 rings (SSSR count). The van der Waals surface area contributed by atoms with Gasteiger partial charge in [-0.2, -0.15) is 5.26 Å².